The van der Waals surface area contributed by atoms with Crippen molar-refractivity contribution < 1.29 is 4.74 Å². The maximum Gasteiger partial charge on any atom is 0.240 e. The number of nitrogens with two attached hydrogens (primary N) is 1. The predicted octanol–water partition coefficient (Wildman–Crippen LogP) is 1.44. The van der Waals surface area contributed by atoms with Gasteiger partial charge in [-0.1, -0.05) is 0 Å². The van der Waals surface area contributed by atoms with Crippen molar-refractivity contribution in [2.75, 3.05) is 12.8 Å². The Bertz CT molecular complexity index is 496. The average Bonchev–Trinajstić information content (AvgIpc) is 2.32. The number of aromatic nitrogens is 3. The molecule has 0 saturated heterocycles. The lowest BCUT2D eigenvalue weighted by Crippen LogP contribution is -2.01. The summed E-state index contributed by atoms with van der Waals surface area (Å²) in [6.07, 6.45) is 0. The largest absolute Gasteiger partial charge is 0.497 e. The Morgan fingerprint density at radius 3 is 2.44 bits per heavy atom. The summed E-state index contributed by atoms with van der Waals surface area (Å²) in [5, 5.41) is 7.62. The van der Waals surface area contributed by atoms with E-state index < -0.39 is 0 Å². The van der Waals surface area contributed by atoms with Gasteiger partial charge < -0.3 is 10.5 Å². The van der Waals surface area contributed by atoms with Gasteiger partial charge in [-0.3, -0.25) is 0 Å². The number of anilines is 1. The third-order valence-corrected chi connectivity index (χ3v) is 2.23. The summed E-state index contributed by atoms with van der Waals surface area (Å²) >= 11 is 0. The van der Waals surface area contributed by atoms with Gasteiger partial charge in [-0.05, 0) is 31.2 Å². The first-order chi connectivity index (χ1) is 7.70. The third kappa shape index (κ3) is 1.93. The zero-order valence-corrected chi connectivity index (χ0v) is 9.14. The van der Waals surface area contributed by atoms with Crippen molar-refractivity contribution in [3.05, 3.63) is 30.0 Å². The monoisotopic (exact) mass is 216 g/mol. The number of aryl methyl sites for hydroxylation is 1. The fourth-order valence-corrected chi connectivity index (χ4v) is 1.41. The molecule has 2 rings (SSSR count). The Balaban J connectivity index is 2.45. The van der Waals surface area contributed by atoms with Gasteiger partial charge in [-0.25, -0.2) is 4.98 Å². The standard InChI is InChI=1S/C11H12N4O/c1-7-10(13-11(12)15-14-7)8-3-5-9(16-2)6-4-8/h3-6H,1-2H3,(H2,12,13,15). The molecule has 0 aliphatic heterocycles. The lowest BCUT2D eigenvalue weighted by molar-refractivity contribution is 0.415. The normalized spacial score (nSPS) is 10.1. The molecule has 5 nitrogen and oxygen atoms in total. The summed E-state index contributed by atoms with van der Waals surface area (Å²) in [5.74, 6) is 0.979. The lowest BCUT2D eigenvalue weighted by atomic mass is 10.1. The molecular formula is C11H12N4O. The van der Waals surface area contributed by atoms with Gasteiger partial charge >= 0.3 is 0 Å². The second-order valence-electron chi connectivity index (χ2n) is 3.33. The Kier molecular flexibility index (Phi) is 2.68. The highest BCUT2D eigenvalue weighted by Crippen LogP contribution is 2.22. The zero-order chi connectivity index (χ0) is 11.5. The van der Waals surface area contributed by atoms with Crippen LogP contribution >= 0.6 is 0 Å². The highest BCUT2D eigenvalue weighted by atomic mass is 16.5. The minimum atomic E-state index is 0.177. The van der Waals surface area contributed by atoms with Gasteiger partial charge in [0.15, 0.2) is 0 Å². The molecule has 0 aliphatic carbocycles. The van der Waals surface area contributed by atoms with Crippen LogP contribution < -0.4 is 10.5 Å². The van der Waals surface area contributed by atoms with E-state index >= 15 is 0 Å². The van der Waals surface area contributed by atoms with Crippen LogP contribution in [0.25, 0.3) is 11.3 Å². The smallest absolute Gasteiger partial charge is 0.240 e. The number of hydrogen-bond donors (Lipinski definition) is 1. The van der Waals surface area contributed by atoms with E-state index in [2.05, 4.69) is 15.2 Å². The number of nitrogens with zero attached hydrogens (tertiary/aromatic N) is 3. The molecule has 0 radical (unpaired) electrons. The van der Waals surface area contributed by atoms with E-state index in [-0.39, 0.29) is 5.95 Å². The molecule has 5 heteroatoms. The summed E-state index contributed by atoms with van der Waals surface area (Å²) in [7, 11) is 1.63. The van der Waals surface area contributed by atoms with E-state index in [1.165, 1.54) is 0 Å². The van der Waals surface area contributed by atoms with E-state index in [9.17, 15) is 0 Å². The van der Waals surface area contributed by atoms with Crippen LogP contribution in [-0.2, 0) is 0 Å². The molecule has 0 atom stereocenters. The molecule has 0 amide bonds. The third-order valence-electron chi connectivity index (χ3n) is 2.23. The highest BCUT2D eigenvalue weighted by Gasteiger charge is 2.06. The quantitative estimate of drug-likeness (QED) is 0.822. The summed E-state index contributed by atoms with van der Waals surface area (Å²) in [5.41, 5.74) is 7.95. The van der Waals surface area contributed by atoms with Crippen molar-refractivity contribution in [3.63, 3.8) is 0 Å². The Labute approximate surface area is 93.3 Å². The van der Waals surface area contributed by atoms with Gasteiger partial charge in [-0.15, -0.1) is 10.2 Å². The van der Waals surface area contributed by atoms with Gasteiger partial charge in [0.25, 0.3) is 0 Å². The van der Waals surface area contributed by atoms with E-state index in [0.717, 1.165) is 22.7 Å². The minimum Gasteiger partial charge on any atom is -0.497 e. The Morgan fingerprint density at radius 1 is 1.12 bits per heavy atom. The number of ether oxygens (including phenoxy) is 1. The lowest BCUT2D eigenvalue weighted by Gasteiger charge is -2.05. The fourth-order valence-electron chi connectivity index (χ4n) is 1.41. The summed E-state index contributed by atoms with van der Waals surface area (Å²) in [6.45, 7) is 1.85. The molecule has 0 bridgehead atoms. The van der Waals surface area contributed by atoms with Gasteiger partial charge in [0.05, 0.1) is 18.5 Å². The molecule has 0 saturated carbocycles. The molecular weight excluding hydrogens is 204 g/mol. The van der Waals surface area contributed by atoms with Crippen LogP contribution in [0.15, 0.2) is 24.3 Å². The van der Waals surface area contributed by atoms with Crippen LogP contribution in [0.1, 0.15) is 5.69 Å². The number of methoxy groups -OCH3 is 1. The zero-order valence-electron chi connectivity index (χ0n) is 9.14. The number of rotatable bonds is 2. The molecule has 0 aliphatic rings. The Hall–Kier alpha value is -2.17. The van der Waals surface area contributed by atoms with Crippen LogP contribution in [0, 0.1) is 6.92 Å². The predicted molar refractivity (Wildman–Crippen MR) is 61.0 cm³/mol. The molecule has 0 unspecified atom stereocenters. The van der Waals surface area contributed by atoms with Crippen molar-refractivity contribution in [2.24, 2.45) is 0 Å². The van der Waals surface area contributed by atoms with E-state index in [4.69, 9.17) is 10.5 Å². The van der Waals surface area contributed by atoms with Crippen LogP contribution in [0.5, 0.6) is 5.75 Å². The van der Waals surface area contributed by atoms with Gasteiger partial charge in [0.2, 0.25) is 5.95 Å². The molecule has 82 valence electrons. The SMILES string of the molecule is COc1ccc(-c2nc(N)nnc2C)cc1. The van der Waals surface area contributed by atoms with E-state index in [1.807, 2.05) is 31.2 Å². The van der Waals surface area contributed by atoms with Crippen LogP contribution in [-0.4, -0.2) is 22.3 Å². The topological polar surface area (TPSA) is 73.9 Å². The first kappa shape index (κ1) is 10.4. The first-order valence-corrected chi connectivity index (χ1v) is 4.82. The van der Waals surface area contributed by atoms with Crippen molar-refractivity contribution in [3.8, 4) is 17.0 Å². The number of benzene rings is 1. The molecule has 1 aromatic heterocycles. The highest BCUT2D eigenvalue weighted by molar-refractivity contribution is 5.62. The molecule has 16 heavy (non-hydrogen) atoms. The first-order valence-electron chi connectivity index (χ1n) is 4.82. The van der Waals surface area contributed by atoms with Crippen LogP contribution in [0.2, 0.25) is 0 Å². The van der Waals surface area contributed by atoms with Crippen molar-refractivity contribution in [1.29, 1.82) is 0 Å². The summed E-state index contributed by atoms with van der Waals surface area (Å²) in [6, 6.07) is 7.56. The minimum absolute atomic E-state index is 0.177. The number of nitrogen functional groups attached to an aromatic ring is 1. The second-order valence-corrected chi connectivity index (χ2v) is 3.33. The Morgan fingerprint density at radius 2 is 1.81 bits per heavy atom. The van der Waals surface area contributed by atoms with Crippen molar-refractivity contribution in [2.45, 2.75) is 6.92 Å². The van der Waals surface area contributed by atoms with Crippen molar-refractivity contribution in [1.82, 2.24) is 15.2 Å². The number of hydrogen-bond acceptors (Lipinski definition) is 5. The van der Waals surface area contributed by atoms with E-state index in [1.54, 1.807) is 7.11 Å². The average molecular weight is 216 g/mol. The van der Waals surface area contributed by atoms with Gasteiger partial charge in [0, 0.05) is 5.56 Å². The van der Waals surface area contributed by atoms with Gasteiger partial charge in [-0.2, -0.15) is 0 Å². The second kappa shape index (κ2) is 4.14. The molecule has 1 aromatic carbocycles. The summed E-state index contributed by atoms with van der Waals surface area (Å²) in [4.78, 5) is 4.16. The van der Waals surface area contributed by atoms with Gasteiger partial charge in [0.1, 0.15) is 5.75 Å². The molecule has 2 N–H and O–H groups in total. The van der Waals surface area contributed by atoms with Crippen LogP contribution in [0.3, 0.4) is 0 Å². The maximum absolute atomic E-state index is 5.51. The molecule has 0 fully saturated rings. The van der Waals surface area contributed by atoms with Crippen LogP contribution in [0.4, 0.5) is 5.95 Å². The maximum atomic E-state index is 5.51. The molecule has 2 aromatic rings. The summed E-state index contributed by atoms with van der Waals surface area (Å²) < 4.78 is 5.09. The van der Waals surface area contributed by atoms with E-state index in [0.29, 0.717) is 0 Å². The molecule has 1 heterocycles. The fraction of sp³-hybridized carbons (Fsp3) is 0.182. The molecule has 0 spiro atoms. The van der Waals surface area contributed by atoms with Crippen molar-refractivity contribution >= 4 is 5.95 Å².